The molecule has 1 aliphatic carbocycles. The van der Waals surface area contributed by atoms with Gasteiger partial charge in [0, 0.05) is 7.05 Å². The quantitative estimate of drug-likeness (QED) is 0.701. The molecule has 1 N–H and O–H groups in total. The fraction of sp³-hybridized carbons (Fsp3) is 1.00. The van der Waals surface area contributed by atoms with E-state index in [0.717, 1.165) is 30.2 Å². The van der Waals surface area contributed by atoms with Crippen LogP contribution < -0.4 is 0 Å². The molecule has 1 saturated carbocycles. The molecule has 90 valence electrons. The van der Waals surface area contributed by atoms with E-state index in [-0.39, 0.29) is 11.7 Å². The van der Waals surface area contributed by atoms with E-state index < -0.39 is 16.1 Å². The summed E-state index contributed by atoms with van der Waals surface area (Å²) in [5, 5.41) is 9.77. The Hall–Kier alpha value is -0.170. The molecule has 0 aliphatic heterocycles. The maximum atomic E-state index is 11.6. The summed E-state index contributed by atoms with van der Waals surface area (Å²) in [6, 6.07) is 0. The van der Waals surface area contributed by atoms with Crippen LogP contribution in [-0.2, 0) is 14.9 Å². The number of hydrogen-bond donors (Lipinski definition) is 1. The lowest BCUT2D eigenvalue weighted by molar-refractivity contribution is -0.0272. The summed E-state index contributed by atoms with van der Waals surface area (Å²) in [6.07, 6.45) is 3.25. The fourth-order valence-electron chi connectivity index (χ4n) is 1.91. The Morgan fingerprint density at radius 2 is 2.00 bits per heavy atom. The van der Waals surface area contributed by atoms with Crippen LogP contribution in [0.2, 0.25) is 0 Å². The van der Waals surface area contributed by atoms with E-state index in [0.29, 0.717) is 0 Å². The lowest BCUT2D eigenvalue weighted by Crippen LogP contribution is -2.35. The molecular formula is C9H19NO4S. The second-order valence-electron chi connectivity index (χ2n) is 3.98. The third kappa shape index (κ3) is 3.41. The third-order valence-electron chi connectivity index (χ3n) is 2.97. The zero-order valence-corrected chi connectivity index (χ0v) is 10.0. The first-order valence-corrected chi connectivity index (χ1v) is 6.77. The van der Waals surface area contributed by atoms with Crippen molar-refractivity contribution in [1.29, 1.82) is 0 Å². The molecule has 1 fully saturated rings. The van der Waals surface area contributed by atoms with Crippen molar-refractivity contribution in [2.24, 2.45) is 5.92 Å². The van der Waals surface area contributed by atoms with Crippen molar-refractivity contribution in [3.63, 3.8) is 0 Å². The first-order valence-electron chi connectivity index (χ1n) is 5.16. The number of aliphatic hydroxyl groups excluding tert-OH is 1. The molecule has 0 amide bonds. The van der Waals surface area contributed by atoms with Gasteiger partial charge in [0.15, 0.2) is 0 Å². The van der Waals surface area contributed by atoms with Gasteiger partial charge < -0.3 is 5.11 Å². The smallest absolute Gasteiger partial charge is 0.238 e. The molecule has 15 heavy (non-hydrogen) atoms. The van der Waals surface area contributed by atoms with Gasteiger partial charge >= 0.3 is 0 Å². The predicted octanol–water partition coefficient (Wildman–Crippen LogP) is 0.360. The number of aliphatic hydroxyl groups is 1. The number of sulfonamides is 1. The van der Waals surface area contributed by atoms with Gasteiger partial charge in [-0.05, 0) is 18.8 Å². The summed E-state index contributed by atoms with van der Waals surface area (Å²) >= 11 is 0. The highest BCUT2D eigenvalue weighted by Crippen LogP contribution is 2.28. The molecule has 5 nitrogen and oxygen atoms in total. The van der Waals surface area contributed by atoms with Gasteiger partial charge in [-0.1, -0.05) is 17.3 Å². The highest BCUT2D eigenvalue weighted by Gasteiger charge is 2.29. The summed E-state index contributed by atoms with van der Waals surface area (Å²) in [5.74, 6) is -0.118. The Labute approximate surface area is 91.0 Å². The van der Waals surface area contributed by atoms with Crippen LogP contribution in [0.5, 0.6) is 0 Å². The summed E-state index contributed by atoms with van der Waals surface area (Å²) < 4.78 is 23.9. The van der Waals surface area contributed by atoms with Gasteiger partial charge in [-0.25, -0.2) is 8.42 Å². The highest BCUT2D eigenvalue weighted by molar-refractivity contribution is 7.88. The number of hydrogen-bond acceptors (Lipinski definition) is 4. The second-order valence-corrected chi connectivity index (χ2v) is 5.99. The standard InChI is InChI=1S/C9H19NO4S/c1-10(14-2)15(12,13)7-9(11)8-5-3-4-6-8/h8-9,11H,3-7H2,1-2H3/t9-/m1/s1. The van der Waals surface area contributed by atoms with Crippen molar-refractivity contribution in [2.45, 2.75) is 31.8 Å². The lowest BCUT2D eigenvalue weighted by Gasteiger charge is -2.20. The van der Waals surface area contributed by atoms with E-state index in [1.54, 1.807) is 0 Å². The Kier molecular flexibility index (Phi) is 4.51. The van der Waals surface area contributed by atoms with Crippen LogP contribution in [-0.4, -0.2) is 44.0 Å². The van der Waals surface area contributed by atoms with E-state index in [1.165, 1.54) is 14.2 Å². The van der Waals surface area contributed by atoms with Crippen LogP contribution >= 0.6 is 0 Å². The van der Waals surface area contributed by atoms with E-state index in [4.69, 9.17) is 0 Å². The Balaban J connectivity index is 2.52. The van der Waals surface area contributed by atoms with Gasteiger partial charge in [0.1, 0.15) is 0 Å². The molecule has 0 spiro atoms. The van der Waals surface area contributed by atoms with Gasteiger partial charge in [0.25, 0.3) is 0 Å². The minimum Gasteiger partial charge on any atom is -0.392 e. The molecule has 1 rings (SSSR count). The van der Waals surface area contributed by atoms with Crippen LogP contribution in [0.25, 0.3) is 0 Å². The van der Waals surface area contributed by atoms with E-state index in [9.17, 15) is 13.5 Å². The molecule has 0 unspecified atom stereocenters. The van der Waals surface area contributed by atoms with E-state index >= 15 is 0 Å². The Bertz CT molecular complexity index is 284. The SMILES string of the molecule is CON(C)S(=O)(=O)C[C@@H](O)C1CCCC1. The maximum absolute atomic E-state index is 11.6. The van der Waals surface area contributed by atoms with Gasteiger partial charge in [-0.3, -0.25) is 4.84 Å². The average molecular weight is 237 g/mol. The highest BCUT2D eigenvalue weighted by atomic mass is 32.2. The molecule has 0 radical (unpaired) electrons. The molecule has 0 heterocycles. The summed E-state index contributed by atoms with van der Waals surface area (Å²) in [7, 11) is -0.865. The minimum atomic E-state index is -3.49. The van der Waals surface area contributed by atoms with Crippen LogP contribution in [0.15, 0.2) is 0 Å². The van der Waals surface area contributed by atoms with Crippen molar-refractivity contribution in [3.8, 4) is 0 Å². The molecule has 0 aromatic heterocycles. The molecule has 0 bridgehead atoms. The van der Waals surface area contributed by atoms with Crippen LogP contribution in [0.3, 0.4) is 0 Å². The van der Waals surface area contributed by atoms with Crippen molar-refractivity contribution >= 4 is 10.0 Å². The molecule has 1 atom stereocenters. The summed E-state index contributed by atoms with van der Waals surface area (Å²) in [6.45, 7) is 0. The predicted molar refractivity (Wildman–Crippen MR) is 56.5 cm³/mol. The fourth-order valence-corrected chi connectivity index (χ4v) is 3.05. The van der Waals surface area contributed by atoms with Crippen LogP contribution in [0.4, 0.5) is 0 Å². The van der Waals surface area contributed by atoms with Crippen LogP contribution in [0, 0.1) is 5.92 Å². The topological polar surface area (TPSA) is 66.8 Å². The van der Waals surface area contributed by atoms with Gasteiger partial charge in [0.05, 0.1) is 19.0 Å². The molecule has 6 heteroatoms. The summed E-state index contributed by atoms with van der Waals surface area (Å²) in [4.78, 5) is 4.61. The normalized spacial score (nSPS) is 21.1. The van der Waals surface area contributed by atoms with Crippen molar-refractivity contribution in [3.05, 3.63) is 0 Å². The average Bonchev–Trinajstić information content (AvgIpc) is 2.68. The zero-order valence-electron chi connectivity index (χ0n) is 9.22. The third-order valence-corrected chi connectivity index (χ3v) is 4.67. The minimum absolute atomic E-state index is 0.130. The number of rotatable bonds is 5. The Morgan fingerprint density at radius 3 is 2.47 bits per heavy atom. The first-order chi connectivity index (χ1) is 6.97. The second kappa shape index (κ2) is 5.25. The van der Waals surface area contributed by atoms with Crippen molar-refractivity contribution in [1.82, 2.24) is 4.47 Å². The van der Waals surface area contributed by atoms with Crippen molar-refractivity contribution < 1.29 is 18.4 Å². The molecule has 0 aromatic carbocycles. The van der Waals surface area contributed by atoms with E-state index in [2.05, 4.69) is 4.84 Å². The monoisotopic (exact) mass is 237 g/mol. The zero-order chi connectivity index (χ0) is 11.5. The van der Waals surface area contributed by atoms with Gasteiger partial charge in [0.2, 0.25) is 10.0 Å². The van der Waals surface area contributed by atoms with Gasteiger partial charge in [-0.15, -0.1) is 0 Å². The number of nitrogens with zero attached hydrogens (tertiary/aromatic N) is 1. The molecule has 1 aliphatic rings. The van der Waals surface area contributed by atoms with E-state index in [1.807, 2.05) is 0 Å². The molecule has 0 saturated heterocycles. The molecular weight excluding hydrogens is 218 g/mol. The van der Waals surface area contributed by atoms with Crippen LogP contribution in [0.1, 0.15) is 25.7 Å². The number of hydroxylamine groups is 1. The first kappa shape index (κ1) is 12.9. The Morgan fingerprint density at radius 1 is 1.47 bits per heavy atom. The maximum Gasteiger partial charge on any atom is 0.238 e. The molecule has 0 aromatic rings. The largest absolute Gasteiger partial charge is 0.392 e. The lowest BCUT2D eigenvalue weighted by atomic mass is 10.0. The van der Waals surface area contributed by atoms with Crippen molar-refractivity contribution in [2.75, 3.05) is 19.9 Å². The summed E-state index contributed by atoms with van der Waals surface area (Å²) in [5.41, 5.74) is 0. The van der Waals surface area contributed by atoms with Gasteiger partial charge in [-0.2, -0.15) is 0 Å².